The molecule has 0 spiro atoms. The normalized spacial score (nSPS) is 20.8. The molecule has 1 aromatic carbocycles. The van der Waals surface area contributed by atoms with Crippen molar-refractivity contribution in [2.24, 2.45) is 0 Å². The minimum Gasteiger partial charge on any atom is -0.329 e. The SMILES string of the molecule is CC(C)(C)c1ccc(NC(=O)N2CCC(N3C(=O)CNC3=O)C2)cc1. The summed E-state index contributed by atoms with van der Waals surface area (Å²) in [6.45, 7) is 7.35. The van der Waals surface area contributed by atoms with Crippen LogP contribution in [-0.4, -0.2) is 53.4 Å². The molecule has 5 amide bonds. The monoisotopic (exact) mass is 344 g/mol. The Bertz CT molecular complexity index is 677. The van der Waals surface area contributed by atoms with Gasteiger partial charge < -0.3 is 15.5 Å². The lowest BCUT2D eigenvalue weighted by Gasteiger charge is -2.22. The molecule has 1 unspecified atom stereocenters. The van der Waals surface area contributed by atoms with Crippen molar-refractivity contribution in [3.8, 4) is 0 Å². The number of anilines is 1. The van der Waals surface area contributed by atoms with Crippen LogP contribution in [0.4, 0.5) is 15.3 Å². The van der Waals surface area contributed by atoms with E-state index in [1.165, 1.54) is 10.5 Å². The highest BCUT2D eigenvalue weighted by atomic mass is 16.2. The lowest BCUT2D eigenvalue weighted by Crippen LogP contribution is -2.43. The van der Waals surface area contributed by atoms with Crippen LogP contribution in [0, 0.1) is 0 Å². The van der Waals surface area contributed by atoms with E-state index < -0.39 is 0 Å². The van der Waals surface area contributed by atoms with Crippen LogP contribution in [0.15, 0.2) is 24.3 Å². The second kappa shape index (κ2) is 6.38. The zero-order chi connectivity index (χ0) is 18.2. The molecule has 2 saturated heterocycles. The van der Waals surface area contributed by atoms with Crippen molar-refractivity contribution in [3.05, 3.63) is 29.8 Å². The maximum absolute atomic E-state index is 12.4. The third-order valence-corrected chi connectivity index (χ3v) is 4.70. The lowest BCUT2D eigenvalue weighted by atomic mass is 9.87. The van der Waals surface area contributed by atoms with Crippen molar-refractivity contribution in [1.82, 2.24) is 15.1 Å². The summed E-state index contributed by atoms with van der Waals surface area (Å²) in [7, 11) is 0. The fraction of sp³-hybridized carbons (Fsp3) is 0.500. The molecule has 7 nitrogen and oxygen atoms in total. The van der Waals surface area contributed by atoms with Gasteiger partial charge in [-0.3, -0.25) is 9.69 Å². The molecule has 2 heterocycles. The molecule has 0 bridgehead atoms. The summed E-state index contributed by atoms with van der Waals surface area (Å²) >= 11 is 0. The first-order valence-electron chi connectivity index (χ1n) is 8.52. The van der Waals surface area contributed by atoms with Gasteiger partial charge in [0.25, 0.3) is 0 Å². The predicted octanol–water partition coefficient (Wildman–Crippen LogP) is 2.14. The zero-order valence-corrected chi connectivity index (χ0v) is 14.8. The largest absolute Gasteiger partial charge is 0.329 e. The average molecular weight is 344 g/mol. The molecule has 3 rings (SSSR count). The summed E-state index contributed by atoms with van der Waals surface area (Å²) in [5.74, 6) is -0.227. The van der Waals surface area contributed by atoms with Crippen molar-refractivity contribution in [1.29, 1.82) is 0 Å². The fourth-order valence-electron chi connectivity index (χ4n) is 3.20. The van der Waals surface area contributed by atoms with Gasteiger partial charge in [0, 0.05) is 18.8 Å². The van der Waals surface area contributed by atoms with E-state index >= 15 is 0 Å². The van der Waals surface area contributed by atoms with Crippen LogP contribution in [0.1, 0.15) is 32.8 Å². The number of hydrogen-bond donors (Lipinski definition) is 2. The molecule has 2 fully saturated rings. The van der Waals surface area contributed by atoms with Gasteiger partial charge in [0.05, 0.1) is 12.6 Å². The van der Waals surface area contributed by atoms with Crippen LogP contribution in [0.5, 0.6) is 0 Å². The number of carbonyl (C=O) groups excluding carboxylic acids is 3. The number of urea groups is 2. The number of hydrogen-bond acceptors (Lipinski definition) is 3. The fourth-order valence-corrected chi connectivity index (χ4v) is 3.20. The molecular formula is C18H24N4O3. The average Bonchev–Trinajstić information content (AvgIpc) is 3.14. The Kier molecular flexibility index (Phi) is 4.41. The maximum atomic E-state index is 12.4. The summed E-state index contributed by atoms with van der Waals surface area (Å²) in [5.41, 5.74) is 2.00. The molecule has 2 aliphatic rings. The van der Waals surface area contributed by atoms with Gasteiger partial charge in [-0.2, -0.15) is 0 Å². The van der Waals surface area contributed by atoms with E-state index in [9.17, 15) is 14.4 Å². The summed E-state index contributed by atoms with van der Waals surface area (Å²) in [6, 6.07) is 6.98. The molecule has 1 atom stereocenters. The highest BCUT2D eigenvalue weighted by molar-refractivity contribution is 6.02. The van der Waals surface area contributed by atoms with Crippen LogP contribution in [0.25, 0.3) is 0 Å². The molecule has 1 aromatic rings. The Labute approximate surface area is 147 Å². The number of likely N-dealkylation sites (tertiary alicyclic amines) is 1. The Balaban J connectivity index is 1.59. The quantitative estimate of drug-likeness (QED) is 0.807. The van der Waals surface area contributed by atoms with E-state index in [0.29, 0.717) is 19.5 Å². The van der Waals surface area contributed by atoms with Gasteiger partial charge in [-0.15, -0.1) is 0 Å². The molecule has 0 aliphatic carbocycles. The van der Waals surface area contributed by atoms with Gasteiger partial charge in [-0.25, -0.2) is 9.59 Å². The highest BCUT2D eigenvalue weighted by Gasteiger charge is 2.39. The summed E-state index contributed by atoms with van der Waals surface area (Å²) in [6.07, 6.45) is 0.607. The highest BCUT2D eigenvalue weighted by Crippen LogP contribution is 2.24. The molecule has 134 valence electrons. The minimum absolute atomic E-state index is 0.0433. The number of nitrogens with zero attached hydrogens (tertiary/aromatic N) is 2. The number of rotatable bonds is 2. The minimum atomic E-state index is -0.366. The number of carbonyl (C=O) groups is 3. The van der Waals surface area contributed by atoms with Gasteiger partial charge in [0.15, 0.2) is 0 Å². The molecule has 0 radical (unpaired) electrons. The van der Waals surface area contributed by atoms with E-state index in [4.69, 9.17) is 0 Å². The van der Waals surface area contributed by atoms with Crippen molar-refractivity contribution in [2.75, 3.05) is 25.0 Å². The van der Waals surface area contributed by atoms with Crippen molar-refractivity contribution < 1.29 is 14.4 Å². The summed E-state index contributed by atoms with van der Waals surface area (Å²) in [5, 5.41) is 5.39. The predicted molar refractivity (Wildman–Crippen MR) is 94.4 cm³/mol. The second-order valence-corrected chi connectivity index (χ2v) is 7.57. The van der Waals surface area contributed by atoms with E-state index in [0.717, 1.165) is 5.69 Å². The van der Waals surface area contributed by atoms with Gasteiger partial charge >= 0.3 is 12.1 Å². The number of amides is 5. The smallest absolute Gasteiger partial charge is 0.324 e. The molecule has 0 aromatic heterocycles. The van der Waals surface area contributed by atoms with E-state index in [-0.39, 0.29) is 36.0 Å². The van der Waals surface area contributed by atoms with Crippen molar-refractivity contribution >= 4 is 23.7 Å². The Morgan fingerprint density at radius 3 is 2.44 bits per heavy atom. The molecule has 2 N–H and O–H groups in total. The Morgan fingerprint density at radius 1 is 1.20 bits per heavy atom. The second-order valence-electron chi connectivity index (χ2n) is 7.57. The zero-order valence-electron chi connectivity index (χ0n) is 14.8. The van der Waals surface area contributed by atoms with Gasteiger partial charge in [0.1, 0.15) is 0 Å². The number of imide groups is 1. The summed E-state index contributed by atoms with van der Waals surface area (Å²) < 4.78 is 0. The molecule has 7 heteroatoms. The van der Waals surface area contributed by atoms with Crippen LogP contribution >= 0.6 is 0 Å². The van der Waals surface area contributed by atoms with Crippen molar-refractivity contribution in [2.45, 2.75) is 38.6 Å². The molecule has 25 heavy (non-hydrogen) atoms. The first kappa shape index (κ1) is 17.3. The van der Waals surface area contributed by atoms with Crippen LogP contribution < -0.4 is 10.6 Å². The van der Waals surface area contributed by atoms with Gasteiger partial charge in [-0.05, 0) is 29.5 Å². The van der Waals surface area contributed by atoms with Crippen LogP contribution in [0.3, 0.4) is 0 Å². The first-order chi connectivity index (χ1) is 11.8. The van der Waals surface area contributed by atoms with E-state index in [2.05, 4.69) is 31.4 Å². The van der Waals surface area contributed by atoms with Crippen LogP contribution in [-0.2, 0) is 10.2 Å². The van der Waals surface area contributed by atoms with Crippen LogP contribution in [0.2, 0.25) is 0 Å². The molecular weight excluding hydrogens is 320 g/mol. The first-order valence-corrected chi connectivity index (χ1v) is 8.52. The number of benzene rings is 1. The third-order valence-electron chi connectivity index (χ3n) is 4.70. The van der Waals surface area contributed by atoms with E-state index in [1.807, 2.05) is 24.3 Å². The third kappa shape index (κ3) is 3.60. The Hall–Kier alpha value is -2.57. The molecule has 0 saturated carbocycles. The topological polar surface area (TPSA) is 81.8 Å². The number of nitrogens with one attached hydrogen (secondary N) is 2. The van der Waals surface area contributed by atoms with Crippen molar-refractivity contribution in [3.63, 3.8) is 0 Å². The maximum Gasteiger partial charge on any atom is 0.324 e. The van der Waals surface area contributed by atoms with Gasteiger partial charge in [-0.1, -0.05) is 32.9 Å². The standard InChI is InChI=1S/C18H24N4O3/c1-18(2,3)12-4-6-13(7-5-12)20-17(25)21-9-8-14(11-21)22-15(23)10-19-16(22)24/h4-7,14H,8-11H2,1-3H3,(H,19,24)(H,20,25). The Morgan fingerprint density at radius 2 is 1.88 bits per heavy atom. The summed E-state index contributed by atoms with van der Waals surface area (Å²) in [4.78, 5) is 38.8. The van der Waals surface area contributed by atoms with Gasteiger partial charge in [0.2, 0.25) is 5.91 Å². The lowest BCUT2D eigenvalue weighted by molar-refractivity contribution is -0.126. The van der Waals surface area contributed by atoms with E-state index in [1.54, 1.807) is 4.90 Å². The molecule has 2 aliphatic heterocycles.